The second kappa shape index (κ2) is 59.6. The molecule has 5 heteroatoms. The number of ether oxygens (including phenoxy) is 3. The van der Waals surface area contributed by atoms with E-state index in [1.807, 2.05) is 0 Å². The number of hydrogen-bond donors (Lipinski definition) is 0. The molecule has 5 nitrogen and oxygen atoms in total. The van der Waals surface area contributed by atoms with Crippen molar-refractivity contribution < 1.29 is 23.8 Å². The molecule has 398 valence electrons. The maximum absolute atomic E-state index is 12.9. The van der Waals surface area contributed by atoms with Crippen LogP contribution in [0.1, 0.15) is 252 Å². The van der Waals surface area contributed by atoms with Crippen LogP contribution in [0.4, 0.5) is 0 Å². The van der Waals surface area contributed by atoms with E-state index in [-0.39, 0.29) is 25.2 Å². The van der Waals surface area contributed by atoms with Gasteiger partial charge in [0.1, 0.15) is 6.61 Å². The number of rotatable bonds is 52. The van der Waals surface area contributed by atoms with Gasteiger partial charge in [0.05, 0.1) is 6.61 Å². The Kier molecular flexibility index (Phi) is 56.5. The SMILES string of the molecule is CC/C=C\C/C=C\C/C=C\C/C=C\CCCCCCCOCC(COC(=O)CCCCCCCCCCC/C=C\C/C=C\CCCCC)OC(=O)CCCCCC/C=C\C/C=C\C/C=C\C/C=C\CC. The molecule has 0 rings (SSSR count). The molecule has 0 saturated carbocycles. The lowest BCUT2D eigenvalue weighted by Gasteiger charge is -2.18. The molecule has 0 aliphatic rings. The molecule has 0 fully saturated rings. The Morgan fingerprint density at radius 3 is 1.03 bits per heavy atom. The van der Waals surface area contributed by atoms with Crippen molar-refractivity contribution in [1.82, 2.24) is 0 Å². The van der Waals surface area contributed by atoms with Gasteiger partial charge in [-0.25, -0.2) is 0 Å². The summed E-state index contributed by atoms with van der Waals surface area (Å²) in [5, 5.41) is 0. The topological polar surface area (TPSA) is 61.8 Å². The molecule has 0 aromatic rings. The summed E-state index contributed by atoms with van der Waals surface area (Å²) in [6.45, 7) is 7.51. The Morgan fingerprint density at radius 2 is 0.643 bits per heavy atom. The molecule has 0 aliphatic carbocycles. The molecule has 0 spiro atoms. The molecule has 0 saturated heterocycles. The van der Waals surface area contributed by atoms with E-state index < -0.39 is 6.10 Å². The molecule has 70 heavy (non-hydrogen) atoms. The summed E-state index contributed by atoms with van der Waals surface area (Å²) in [5.41, 5.74) is 0. The summed E-state index contributed by atoms with van der Waals surface area (Å²) in [4.78, 5) is 25.6. The van der Waals surface area contributed by atoms with Crippen molar-refractivity contribution in [1.29, 1.82) is 0 Å². The van der Waals surface area contributed by atoms with Gasteiger partial charge in [-0.15, -0.1) is 0 Å². The first kappa shape index (κ1) is 66.3. The van der Waals surface area contributed by atoms with Crippen LogP contribution < -0.4 is 0 Å². The third-order valence-electron chi connectivity index (χ3n) is 12.0. The van der Waals surface area contributed by atoms with E-state index in [4.69, 9.17) is 14.2 Å². The molecule has 1 atom stereocenters. The fourth-order valence-corrected chi connectivity index (χ4v) is 7.70. The van der Waals surface area contributed by atoms with Crippen LogP contribution in [0.25, 0.3) is 0 Å². The van der Waals surface area contributed by atoms with E-state index in [0.717, 1.165) is 128 Å². The number of esters is 2. The van der Waals surface area contributed by atoms with Crippen molar-refractivity contribution in [2.24, 2.45) is 0 Å². The van der Waals surface area contributed by atoms with Crippen LogP contribution >= 0.6 is 0 Å². The largest absolute Gasteiger partial charge is 0.462 e. The Morgan fingerprint density at radius 1 is 0.329 bits per heavy atom. The van der Waals surface area contributed by atoms with Crippen LogP contribution in [-0.4, -0.2) is 37.9 Å². The van der Waals surface area contributed by atoms with Crippen molar-refractivity contribution >= 4 is 11.9 Å². The molecule has 0 aliphatic heterocycles. The van der Waals surface area contributed by atoms with E-state index in [9.17, 15) is 9.59 Å². The Balaban J connectivity index is 4.38. The van der Waals surface area contributed by atoms with Crippen LogP contribution in [0, 0.1) is 0 Å². The highest BCUT2D eigenvalue weighted by atomic mass is 16.6. The zero-order valence-electron chi connectivity index (χ0n) is 45.7. The maximum Gasteiger partial charge on any atom is 0.306 e. The highest BCUT2D eigenvalue weighted by Gasteiger charge is 2.17. The van der Waals surface area contributed by atoms with Crippen LogP contribution in [-0.2, 0) is 23.8 Å². The lowest BCUT2D eigenvalue weighted by atomic mass is 10.1. The third-order valence-corrected chi connectivity index (χ3v) is 12.0. The second-order valence-electron chi connectivity index (χ2n) is 18.8. The minimum Gasteiger partial charge on any atom is -0.462 e. The van der Waals surface area contributed by atoms with Crippen molar-refractivity contribution in [3.8, 4) is 0 Å². The predicted octanol–water partition coefficient (Wildman–Crippen LogP) is 20.1. The smallest absolute Gasteiger partial charge is 0.306 e. The van der Waals surface area contributed by atoms with Crippen molar-refractivity contribution in [2.75, 3.05) is 19.8 Å². The van der Waals surface area contributed by atoms with Crippen LogP contribution in [0.3, 0.4) is 0 Å². The first-order valence-corrected chi connectivity index (χ1v) is 29.1. The van der Waals surface area contributed by atoms with Gasteiger partial charge in [0, 0.05) is 19.4 Å². The average molecular weight is 970 g/mol. The summed E-state index contributed by atoms with van der Waals surface area (Å²) in [7, 11) is 0. The molecular formula is C65H108O5. The molecule has 0 heterocycles. The van der Waals surface area contributed by atoms with Gasteiger partial charge >= 0.3 is 11.9 Å². The van der Waals surface area contributed by atoms with Crippen molar-refractivity contribution in [3.63, 3.8) is 0 Å². The molecule has 0 bridgehead atoms. The molecule has 0 aromatic carbocycles. The van der Waals surface area contributed by atoms with Crippen molar-refractivity contribution in [2.45, 2.75) is 258 Å². The van der Waals surface area contributed by atoms with Crippen LogP contribution in [0.15, 0.2) is 122 Å². The molecule has 0 aromatic heterocycles. The van der Waals surface area contributed by atoms with Crippen LogP contribution in [0.5, 0.6) is 0 Å². The van der Waals surface area contributed by atoms with Gasteiger partial charge in [0.25, 0.3) is 0 Å². The number of carbonyl (C=O) groups is 2. The minimum atomic E-state index is -0.570. The van der Waals surface area contributed by atoms with Gasteiger partial charge in [0.15, 0.2) is 6.10 Å². The number of carbonyl (C=O) groups excluding carboxylic acids is 2. The van der Waals surface area contributed by atoms with Gasteiger partial charge in [0.2, 0.25) is 0 Å². The highest BCUT2D eigenvalue weighted by molar-refractivity contribution is 5.70. The zero-order valence-corrected chi connectivity index (χ0v) is 45.7. The highest BCUT2D eigenvalue weighted by Crippen LogP contribution is 2.14. The quantitative estimate of drug-likeness (QED) is 0.0345. The minimum absolute atomic E-state index is 0.0582. The number of hydrogen-bond acceptors (Lipinski definition) is 5. The van der Waals surface area contributed by atoms with Gasteiger partial charge in [-0.05, 0) is 128 Å². The van der Waals surface area contributed by atoms with E-state index in [0.29, 0.717) is 19.4 Å². The average Bonchev–Trinajstić information content (AvgIpc) is 3.36. The van der Waals surface area contributed by atoms with Gasteiger partial charge < -0.3 is 14.2 Å². The number of allylic oxidation sites excluding steroid dienone is 20. The van der Waals surface area contributed by atoms with E-state index >= 15 is 0 Å². The molecule has 0 N–H and O–H groups in total. The van der Waals surface area contributed by atoms with Gasteiger partial charge in [-0.3, -0.25) is 9.59 Å². The lowest BCUT2D eigenvalue weighted by Crippen LogP contribution is -2.30. The normalized spacial score (nSPS) is 13.1. The third kappa shape index (κ3) is 56.9. The summed E-state index contributed by atoms with van der Waals surface area (Å²) >= 11 is 0. The van der Waals surface area contributed by atoms with E-state index in [1.165, 1.54) is 89.9 Å². The fourth-order valence-electron chi connectivity index (χ4n) is 7.70. The van der Waals surface area contributed by atoms with E-state index in [1.54, 1.807) is 0 Å². The summed E-state index contributed by atoms with van der Waals surface area (Å²) in [5.74, 6) is -0.443. The summed E-state index contributed by atoms with van der Waals surface area (Å²) in [6.07, 6.45) is 83.6. The van der Waals surface area contributed by atoms with Gasteiger partial charge in [-0.2, -0.15) is 0 Å². The van der Waals surface area contributed by atoms with E-state index in [2.05, 4.69) is 142 Å². The molecule has 0 amide bonds. The Bertz CT molecular complexity index is 1420. The Hall–Kier alpha value is -3.70. The molecular weight excluding hydrogens is 861 g/mol. The monoisotopic (exact) mass is 969 g/mol. The number of unbranched alkanes of at least 4 members (excludes halogenated alkanes) is 21. The first-order chi connectivity index (χ1) is 34.6. The summed E-state index contributed by atoms with van der Waals surface area (Å²) < 4.78 is 17.5. The fraction of sp³-hybridized carbons (Fsp3) is 0.662. The van der Waals surface area contributed by atoms with Crippen LogP contribution in [0.2, 0.25) is 0 Å². The standard InChI is InChI=1S/C65H108O5/c1-4-7-10-13-16-19-22-25-28-31-33-35-37-40-43-46-49-52-55-58-64(66)69-62-63(61-68-60-57-54-51-48-45-42-39-36-32-29-26-23-20-17-14-11-8-5-2)70-65(67)59-56-53-50-47-44-41-38-34-30-27-24-21-18-15-12-9-6-3/h8-9,11-12,16-21,25-30,36,38-39,41,63H,4-7,10,13-15,22-24,31-35,37,40,42-62H2,1-3H3/b11-8-,12-9-,19-16-,20-17-,21-18-,28-25-,29-26-,30-27-,39-36-,41-38-. The van der Waals surface area contributed by atoms with Gasteiger partial charge in [-0.1, -0.05) is 232 Å². The zero-order chi connectivity index (χ0) is 50.6. The summed E-state index contributed by atoms with van der Waals surface area (Å²) in [6, 6.07) is 0. The van der Waals surface area contributed by atoms with Crippen molar-refractivity contribution in [3.05, 3.63) is 122 Å². The first-order valence-electron chi connectivity index (χ1n) is 29.1. The predicted molar refractivity (Wildman–Crippen MR) is 306 cm³/mol. The Labute approximate surface area is 433 Å². The lowest BCUT2D eigenvalue weighted by molar-refractivity contribution is -0.163. The second-order valence-corrected chi connectivity index (χ2v) is 18.8. The maximum atomic E-state index is 12.9. The molecule has 1 unspecified atom stereocenters. The molecule has 0 radical (unpaired) electrons.